The highest BCUT2D eigenvalue weighted by atomic mass is 16.7. The number of hydrogen-bond acceptors (Lipinski definition) is 3. The Labute approximate surface area is 80.8 Å². The molecule has 0 radical (unpaired) electrons. The summed E-state index contributed by atoms with van der Waals surface area (Å²) in [6, 6.07) is 7.80. The molecular weight excluding hydrogens is 182 g/mol. The molecule has 1 N–H and O–H groups in total. The van der Waals surface area contributed by atoms with Crippen LogP contribution in [0.25, 0.3) is 0 Å². The van der Waals surface area contributed by atoms with Crippen LogP contribution >= 0.6 is 0 Å². The van der Waals surface area contributed by atoms with Crippen molar-refractivity contribution in [1.82, 2.24) is 0 Å². The van der Waals surface area contributed by atoms with E-state index in [0.29, 0.717) is 13.0 Å². The van der Waals surface area contributed by atoms with E-state index in [-0.39, 0.29) is 5.90 Å². The lowest BCUT2D eigenvalue weighted by atomic mass is 10.0. The first-order valence-electron chi connectivity index (χ1n) is 4.26. The number of rotatable bonds is 0. The second-order valence-electron chi connectivity index (χ2n) is 3.02. The minimum absolute atomic E-state index is 0.274. The van der Waals surface area contributed by atoms with Crippen LogP contribution in [0.2, 0.25) is 0 Å². The molecule has 1 aromatic rings. The molecule has 1 heterocycles. The topological polar surface area (TPSA) is 58.9 Å². The van der Waals surface area contributed by atoms with Crippen LogP contribution in [0.15, 0.2) is 29.3 Å². The van der Waals surface area contributed by atoms with Crippen LogP contribution in [0.3, 0.4) is 0 Å². The largest absolute Gasteiger partial charge is 0.512 e. The van der Waals surface area contributed by atoms with E-state index in [9.17, 15) is 4.79 Å². The van der Waals surface area contributed by atoms with Crippen molar-refractivity contribution in [3.05, 3.63) is 35.4 Å². The van der Waals surface area contributed by atoms with Crippen molar-refractivity contribution >= 4 is 12.1 Å². The summed E-state index contributed by atoms with van der Waals surface area (Å²) < 4.78 is 4.51. The number of carbonyl (C=O) groups is 1. The first-order chi connectivity index (χ1) is 6.75. The van der Waals surface area contributed by atoms with Crippen molar-refractivity contribution in [2.45, 2.75) is 13.0 Å². The highest BCUT2D eigenvalue weighted by Crippen LogP contribution is 2.16. The van der Waals surface area contributed by atoms with Crippen molar-refractivity contribution in [1.29, 1.82) is 0 Å². The first-order valence-corrected chi connectivity index (χ1v) is 4.26. The van der Waals surface area contributed by atoms with Crippen LogP contribution in [-0.4, -0.2) is 17.2 Å². The summed E-state index contributed by atoms with van der Waals surface area (Å²) in [6.45, 7) is 0.499. The lowest BCUT2D eigenvalue weighted by Gasteiger charge is -2.13. The fourth-order valence-electron chi connectivity index (χ4n) is 1.45. The molecule has 72 valence electrons. The zero-order valence-electron chi connectivity index (χ0n) is 7.43. The number of aliphatic imine (C=N–C) groups is 1. The molecule has 1 aliphatic heterocycles. The Kier molecular flexibility index (Phi) is 2.18. The molecule has 14 heavy (non-hydrogen) atoms. The normalized spacial score (nSPS) is 14.1. The third-order valence-corrected chi connectivity index (χ3v) is 2.09. The SMILES string of the molecule is O=C(O)OC1=NCc2ccccc2C1. The average Bonchev–Trinajstić information content (AvgIpc) is 2.17. The van der Waals surface area contributed by atoms with Crippen LogP contribution in [0.5, 0.6) is 0 Å². The first kappa shape index (κ1) is 8.74. The van der Waals surface area contributed by atoms with E-state index in [1.165, 1.54) is 0 Å². The summed E-state index contributed by atoms with van der Waals surface area (Å²) in [5, 5.41) is 8.41. The van der Waals surface area contributed by atoms with Gasteiger partial charge in [-0.05, 0) is 11.1 Å². The quantitative estimate of drug-likeness (QED) is 0.636. The number of ether oxygens (including phenoxy) is 1. The minimum atomic E-state index is -1.30. The number of hydrogen-bond donors (Lipinski definition) is 1. The lowest BCUT2D eigenvalue weighted by Crippen LogP contribution is -2.17. The van der Waals surface area contributed by atoms with Gasteiger partial charge in [-0.3, -0.25) is 0 Å². The smallest absolute Gasteiger partial charge is 0.449 e. The molecule has 1 aromatic carbocycles. The summed E-state index contributed by atoms with van der Waals surface area (Å²) in [6.07, 6.45) is -0.842. The molecule has 4 heteroatoms. The molecule has 0 amide bonds. The van der Waals surface area contributed by atoms with E-state index in [2.05, 4.69) is 9.73 Å². The predicted octanol–water partition coefficient (Wildman–Crippen LogP) is 1.84. The Bertz CT molecular complexity index is 398. The van der Waals surface area contributed by atoms with Crippen LogP contribution in [0.1, 0.15) is 11.1 Å². The monoisotopic (exact) mass is 191 g/mol. The van der Waals surface area contributed by atoms with Crippen LogP contribution in [0, 0.1) is 0 Å². The maximum absolute atomic E-state index is 10.3. The Morgan fingerprint density at radius 1 is 1.36 bits per heavy atom. The maximum Gasteiger partial charge on any atom is 0.512 e. The van der Waals surface area contributed by atoms with Gasteiger partial charge in [-0.15, -0.1) is 0 Å². The summed E-state index contributed by atoms with van der Waals surface area (Å²) in [4.78, 5) is 14.3. The Morgan fingerprint density at radius 2 is 2.07 bits per heavy atom. The molecule has 0 aliphatic carbocycles. The standard InChI is InChI=1S/C10H9NO3/c12-10(13)14-9-5-7-3-1-2-4-8(7)6-11-9/h1-4H,5-6H2,(H,12,13). The van der Waals surface area contributed by atoms with Gasteiger partial charge in [-0.25, -0.2) is 9.79 Å². The highest BCUT2D eigenvalue weighted by Gasteiger charge is 2.14. The third-order valence-electron chi connectivity index (χ3n) is 2.09. The third kappa shape index (κ3) is 1.74. The molecule has 0 spiro atoms. The van der Waals surface area contributed by atoms with Crippen molar-refractivity contribution in [2.75, 3.05) is 0 Å². The van der Waals surface area contributed by atoms with Crippen LogP contribution in [0.4, 0.5) is 4.79 Å². The predicted molar refractivity (Wildman–Crippen MR) is 50.4 cm³/mol. The van der Waals surface area contributed by atoms with Gasteiger partial charge in [0.1, 0.15) is 0 Å². The van der Waals surface area contributed by atoms with Gasteiger partial charge in [0.05, 0.1) is 6.54 Å². The Morgan fingerprint density at radius 3 is 2.79 bits per heavy atom. The highest BCUT2D eigenvalue weighted by molar-refractivity contribution is 5.87. The molecule has 0 saturated carbocycles. The molecule has 0 unspecified atom stereocenters. The zero-order chi connectivity index (χ0) is 9.97. The molecule has 0 aromatic heterocycles. The van der Waals surface area contributed by atoms with Crippen molar-refractivity contribution in [2.24, 2.45) is 4.99 Å². The van der Waals surface area contributed by atoms with Gasteiger partial charge in [0.15, 0.2) is 0 Å². The number of nitrogens with zero attached hydrogens (tertiary/aromatic N) is 1. The van der Waals surface area contributed by atoms with E-state index in [1.54, 1.807) is 0 Å². The fourth-order valence-corrected chi connectivity index (χ4v) is 1.45. The van der Waals surface area contributed by atoms with Gasteiger partial charge in [-0.2, -0.15) is 0 Å². The summed E-state index contributed by atoms with van der Waals surface area (Å²) >= 11 is 0. The van der Waals surface area contributed by atoms with E-state index in [0.717, 1.165) is 11.1 Å². The van der Waals surface area contributed by atoms with Gasteiger partial charge in [-0.1, -0.05) is 24.3 Å². The fraction of sp³-hybridized carbons (Fsp3) is 0.200. The molecule has 0 saturated heterocycles. The maximum atomic E-state index is 10.3. The molecule has 1 aliphatic rings. The lowest BCUT2D eigenvalue weighted by molar-refractivity contribution is 0.139. The van der Waals surface area contributed by atoms with Gasteiger partial charge in [0, 0.05) is 6.42 Å². The summed E-state index contributed by atoms with van der Waals surface area (Å²) in [5.41, 5.74) is 2.21. The molecule has 4 nitrogen and oxygen atoms in total. The molecule has 0 fully saturated rings. The number of carboxylic acid groups (broad SMARTS) is 1. The second-order valence-corrected chi connectivity index (χ2v) is 3.02. The summed E-state index contributed by atoms with van der Waals surface area (Å²) in [5.74, 6) is 0.274. The summed E-state index contributed by atoms with van der Waals surface area (Å²) in [7, 11) is 0. The molecule has 0 bridgehead atoms. The van der Waals surface area contributed by atoms with Crippen LogP contribution in [-0.2, 0) is 17.7 Å². The molecule has 0 atom stereocenters. The zero-order valence-corrected chi connectivity index (χ0v) is 7.43. The van der Waals surface area contributed by atoms with Gasteiger partial charge in [0.2, 0.25) is 5.90 Å². The second kappa shape index (κ2) is 3.49. The Hall–Kier alpha value is -1.84. The molecule has 2 rings (SSSR count). The van der Waals surface area contributed by atoms with E-state index >= 15 is 0 Å². The molecular formula is C10H9NO3. The van der Waals surface area contributed by atoms with Gasteiger partial charge in [0.25, 0.3) is 0 Å². The van der Waals surface area contributed by atoms with Crippen molar-refractivity contribution < 1.29 is 14.6 Å². The van der Waals surface area contributed by atoms with E-state index in [1.807, 2.05) is 24.3 Å². The number of benzene rings is 1. The number of fused-ring (bicyclic) bond motifs is 1. The van der Waals surface area contributed by atoms with Crippen molar-refractivity contribution in [3.8, 4) is 0 Å². The average molecular weight is 191 g/mol. The Balaban J connectivity index is 2.17. The van der Waals surface area contributed by atoms with Crippen molar-refractivity contribution in [3.63, 3.8) is 0 Å². The van der Waals surface area contributed by atoms with E-state index in [4.69, 9.17) is 5.11 Å². The van der Waals surface area contributed by atoms with Gasteiger partial charge >= 0.3 is 6.16 Å². The minimum Gasteiger partial charge on any atom is -0.449 e. The van der Waals surface area contributed by atoms with Crippen LogP contribution < -0.4 is 0 Å². The van der Waals surface area contributed by atoms with Gasteiger partial charge < -0.3 is 9.84 Å². The van der Waals surface area contributed by atoms with E-state index < -0.39 is 6.16 Å².